The van der Waals surface area contributed by atoms with E-state index in [4.69, 9.17) is 4.55 Å². The summed E-state index contributed by atoms with van der Waals surface area (Å²) in [6.45, 7) is -0.0137. The number of imidazole rings is 1. The maximum Gasteiger partial charge on any atom is 0.418 e. The second-order valence-corrected chi connectivity index (χ2v) is 7.43. The van der Waals surface area contributed by atoms with Crippen molar-refractivity contribution in [2.75, 3.05) is 13.7 Å². The largest absolute Gasteiger partial charge is 0.467 e. The number of carbonyl (C=O) groups excluding carboxylic acids is 4. The van der Waals surface area contributed by atoms with Gasteiger partial charge in [-0.15, -0.1) is 4.28 Å². The monoisotopic (exact) mass is 446 g/mol. The lowest BCUT2D eigenvalue weighted by molar-refractivity contribution is -0.150. The Labute approximate surface area is 169 Å². The van der Waals surface area contributed by atoms with Gasteiger partial charge < -0.3 is 14.2 Å². The predicted octanol–water partition coefficient (Wildman–Crippen LogP) is -2.25. The zero-order chi connectivity index (χ0) is 22.1. The number of hydroxylamine groups is 2. The summed E-state index contributed by atoms with van der Waals surface area (Å²) in [6.07, 6.45) is 4.28. The fraction of sp³-hybridized carbons (Fsp3) is 0.500. The van der Waals surface area contributed by atoms with E-state index >= 15 is 0 Å². The van der Waals surface area contributed by atoms with E-state index in [1.165, 1.54) is 23.3 Å². The highest BCUT2D eigenvalue weighted by molar-refractivity contribution is 7.80. The Morgan fingerprint density at radius 1 is 1.30 bits per heavy atom. The number of piperidine rings is 1. The topological polar surface area (TPSA) is 189 Å². The molecule has 1 aromatic rings. The number of fused-ring (bicyclic) bond motifs is 2. The Hall–Kier alpha value is -3.24. The van der Waals surface area contributed by atoms with E-state index in [0.29, 0.717) is 5.06 Å². The van der Waals surface area contributed by atoms with Crippen LogP contribution in [0.15, 0.2) is 18.7 Å². The quantitative estimate of drug-likeness (QED) is 0.186. The molecule has 4 amide bonds. The minimum absolute atomic E-state index is 0.0137. The number of hydrogen-bond acceptors (Lipinski definition) is 9. The van der Waals surface area contributed by atoms with Crippen LogP contribution in [0.4, 0.5) is 4.79 Å². The molecule has 2 saturated heterocycles. The number of esters is 1. The summed E-state index contributed by atoms with van der Waals surface area (Å²) < 4.78 is 40.6. The molecule has 3 atom stereocenters. The Kier molecular flexibility index (Phi) is 5.90. The minimum atomic E-state index is -4.91. The highest BCUT2D eigenvalue weighted by atomic mass is 32.3. The van der Waals surface area contributed by atoms with Crippen LogP contribution in [0.3, 0.4) is 0 Å². The first kappa shape index (κ1) is 21.5. The lowest BCUT2D eigenvalue weighted by Crippen LogP contribution is -2.55. The molecule has 2 aliphatic rings. The first-order valence-corrected chi connectivity index (χ1v) is 9.90. The number of ether oxygens (including phenoxy) is 1. The summed E-state index contributed by atoms with van der Waals surface area (Å²) >= 11 is 0. The van der Waals surface area contributed by atoms with Gasteiger partial charge in [0, 0.05) is 18.9 Å². The van der Waals surface area contributed by atoms with Crippen LogP contribution in [0.25, 0.3) is 0 Å². The molecule has 1 aromatic heterocycles. The van der Waals surface area contributed by atoms with Crippen molar-refractivity contribution in [3.05, 3.63) is 18.7 Å². The molecular formula is C14H18N6O9S. The summed E-state index contributed by atoms with van der Waals surface area (Å²) in [7, 11) is -3.82. The number of methoxy groups -OCH3 is 1. The Bertz CT molecular complexity index is 949. The number of nitrogens with one attached hydrogen (secondary N) is 2. The van der Waals surface area contributed by atoms with Crippen molar-refractivity contribution in [2.45, 2.75) is 31.0 Å². The number of hydrogen-bond donors (Lipinski definition) is 3. The fourth-order valence-electron chi connectivity index (χ4n) is 3.28. The average molecular weight is 446 g/mol. The molecule has 2 bridgehead atoms. The average Bonchev–Trinajstić information content (AvgIpc) is 3.29. The van der Waals surface area contributed by atoms with Crippen LogP contribution >= 0.6 is 0 Å². The van der Waals surface area contributed by atoms with Crippen molar-refractivity contribution >= 4 is 34.2 Å². The van der Waals surface area contributed by atoms with Gasteiger partial charge in [0.2, 0.25) is 6.04 Å². The Morgan fingerprint density at radius 3 is 2.63 bits per heavy atom. The van der Waals surface area contributed by atoms with Crippen molar-refractivity contribution in [3.63, 3.8) is 0 Å². The Balaban J connectivity index is 1.63. The molecule has 3 rings (SSSR count). The maximum absolute atomic E-state index is 12.5. The lowest BCUT2D eigenvalue weighted by Gasteiger charge is -2.29. The minimum Gasteiger partial charge on any atom is -0.467 e. The molecule has 1 unspecified atom stereocenters. The van der Waals surface area contributed by atoms with E-state index in [2.05, 4.69) is 24.9 Å². The SMILES string of the molecule is COC(=O)C(C(=O)NNC(=O)[C@@H]1CC[C@@H]2CN1C(=O)N2OS(=O)(=O)O)n1ccnc1. The Morgan fingerprint density at radius 2 is 2.03 bits per heavy atom. The summed E-state index contributed by atoms with van der Waals surface area (Å²) in [4.78, 5) is 53.9. The van der Waals surface area contributed by atoms with E-state index in [1.54, 1.807) is 0 Å². The van der Waals surface area contributed by atoms with Crippen molar-refractivity contribution in [3.8, 4) is 0 Å². The van der Waals surface area contributed by atoms with E-state index in [0.717, 1.165) is 12.0 Å². The van der Waals surface area contributed by atoms with Crippen LogP contribution in [-0.4, -0.2) is 82.0 Å². The van der Waals surface area contributed by atoms with Crippen LogP contribution in [0.1, 0.15) is 18.9 Å². The molecule has 0 aromatic carbocycles. The van der Waals surface area contributed by atoms with Gasteiger partial charge in [-0.1, -0.05) is 0 Å². The maximum atomic E-state index is 12.5. The summed E-state index contributed by atoms with van der Waals surface area (Å²) in [5, 5.41) is 0.494. The molecule has 0 saturated carbocycles. The van der Waals surface area contributed by atoms with Crippen molar-refractivity contribution < 1.29 is 41.2 Å². The summed E-state index contributed by atoms with van der Waals surface area (Å²) in [6, 6.07) is -4.06. The summed E-state index contributed by atoms with van der Waals surface area (Å²) in [5.41, 5.74) is 4.24. The number of urea groups is 1. The summed E-state index contributed by atoms with van der Waals surface area (Å²) in [5.74, 6) is -2.57. The molecule has 15 nitrogen and oxygen atoms in total. The van der Waals surface area contributed by atoms with Gasteiger partial charge in [-0.2, -0.15) is 13.5 Å². The van der Waals surface area contributed by atoms with Gasteiger partial charge in [0.15, 0.2) is 0 Å². The molecule has 2 fully saturated rings. The molecule has 0 aliphatic carbocycles. The van der Waals surface area contributed by atoms with E-state index in [9.17, 15) is 27.6 Å². The number of hydrazine groups is 1. The fourth-order valence-corrected chi connectivity index (χ4v) is 3.67. The second kappa shape index (κ2) is 8.25. The van der Waals surface area contributed by atoms with Crippen LogP contribution in [0, 0.1) is 0 Å². The molecule has 2 aliphatic heterocycles. The first-order valence-electron chi connectivity index (χ1n) is 8.54. The molecule has 16 heteroatoms. The highest BCUT2D eigenvalue weighted by Gasteiger charge is 2.49. The van der Waals surface area contributed by atoms with Crippen LogP contribution in [-0.2, 0) is 33.8 Å². The normalized spacial score (nSPS) is 21.9. The van der Waals surface area contributed by atoms with Crippen LogP contribution in [0.5, 0.6) is 0 Å². The van der Waals surface area contributed by atoms with Crippen LogP contribution < -0.4 is 10.9 Å². The van der Waals surface area contributed by atoms with Gasteiger partial charge in [-0.05, 0) is 12.8 Å². The third-order valence-electron chi connectivity index (χ3n) is 4.60. The van der Waals surface area contributed by atoms with Gasteiger partial charge in [0.1, 0.15) is 6.04 Å². The molecule has 3 N–H and O–H groups in total. The standard InChI is InChI=1S/C14H18N6O9S/c1-28-13(23)10(18-5-4-15-7-18)12(22)17-16-11(21)9-3-2-8-6-19(9)14(24)20(8)29-30(25,26)27/h4-5,7-10H,2-3,6H2,1H3,(H,16,21)(H,17,22)(H,25,26,27)/t8-,9+,10?/m1/s1. The number of rotatable bonds is 6. The zero-order valence-corrected chi connectivity index (χ0v) is 16.3. The predicted molar refractivity (Wildman–Crippen MR) is 93.0 cm³/mol. The van der Waals surface area contributed by atoms with Gasteiger partial charge in [0.25, 0.3) is 11.8 Å². The van der Waals surface area contributed by atoms with Crippen LogP contribution in [0.2, 0.25) is 0 Å². The third-order valence-corrected chi connectivity index (χ3v) is 4.95. The van der Waals surface area contributed by atoms with Crippen molar-refractivity contribution in [2.24, 2.45) is 0 Å². The lowest BCUT2D eigenvalue weighted by atomic mass is 10.0. The van der Waals surface area contributed by atoms with Gasteiger partial charge in [-0.3, -0.25) is 25.0 Å². The molecule has 3 heterocycles. The van der Waals surface area contributed by atoms with Crippen molar-refractivity contribution in [1.29, 1.82) is 0 Å². The molecule has 0 radical (unpaired) electrons. The number of carbonyl (C=O) groups is 4. The molecule has 30 heavy (non-hydrogen) atoms. The smallest absolute Gasteiger partial charge is 0.418 e. The first-order chi connectivity index (χ1) is 14.1. The van der Waals surface area contributed by atoms with Gasteiger partial charge in [-0.25, -0.2) is 14.6 Å². The molecular weight excluding hydrogens is 428 g/mol. The number of amides is 4. The third kappa shape index (κ3) is 4.34. The van der Waals surface area contributed by atoms with E-state index in [1.807, 2.05) is 0 Å². The van der Waals surface area contributed by atoms with E-state index in [-0.39, 0.29) is 19.4 Å². The van der Waals surface area contributed by atoms with Crippen molar-refractivity contribution in [1.82, 2.24) is 30.4 Å². The van der Waals surface area contributed by atoms with Gasteiger partial charge >= 0.3 is 22.4 Å². The molecule has 164 valence electrons. The van der Waals surface area contributed by atoms with Gasteiger partial charge in [0.05, 0.1) is 19.5 Å². The zero-order valence-electron chi connectivity index (χ0n) is 15.5. The highest BCUT2D eigenvalue weighted by Crippen LogP contribution is 2.30. The van der Waals surface area contributed by atoms with E-state index < -0.39 is 52.3 Å². The molecule has 0 spiro atoms. The second-order valence-electron chi connectivity index (χ2n) is 6.42. The number of nitrogens with zero attached hydrogens (tertiary/aromatic N) is 4. The number of aromatic nitrogens is 2.